The lowest BCUT2D eigenvalue weighted by molar-refractivity contribution is -0.121. The number of hydrogen-bond acceptors (Lipinski definition) is 7. The average molecular weight is 690 g/mol. The number of sulfonamides is 2. The van der Waals surface area contributed by atoms with Gasteiger partial charge in [0, 0.05) is 27.5 Å². The van der Waals surface area contributed by atoms with Gasteiger partial charge in [-0.1, -0.05) is 34.1 Å². The van der Waals surface area contributed by atoms with E-state index in [9.17, 15) is 26.4 Å². The van der Waals surface area contributed by atoms with Gasteiger partial charge in [0.2, 0.25) is 15.9 Å². The van der Waals surface area contributed by atoms with Crippen LogP contribution in [0.25, 0.3) is 0 Å². The maximum Gasteiger partial charge on any atom is 0.269 e. The molecule has 0 fully saturated rings. The van der Waals surface area contributed by atoms with Crippen LogP contribution >= 0.6 is 31.9 Å². The molecule has 3 aromatic carbocycles. The molecule has 0 aliphatic carbocycles. The van der Waals surface area contributed by atoms with Gasteiger partial charge in [-0.05, 0) is 64.5 Å². The van der Waals surface area contributed by atoms with E-state index >= 15 is 0 Å². The third-order valence-electron chi connectivity index (χ3n) is 4.90. The van der Waals surface area contributed by atoms with Crippen LogP contribution in [0.3, 0.4) is 0 Å². The van der Waals surface area contributed by atoms with E-state index in [2.05, 4.69) is 52.2 Å². The number of amides is 2. The Balaban J connectivity index is 1.56. The molecule has 38 heavy (non-hydrogen) atoms. The number of rotatable bonds is 10. The second kappa shape index (κ2) is 12.7. The minimum Gasteiger partial charge on any atom is -0.495 e. The lowest BCUT2D eigenvalue weighted by Crippen LogP contribution is -2.42. The fourth-order valence-corrected chi connectivity index (χ4v) is 6.71. The number of ether oxygens (including phenoxy) is 1. The summed E-state index contributed by atoms with van der Waals surface area (Å²) >= 11 is 6.39. The average Bonchev–Trinajstić information content (AvgIpc) is 2.88. The number of halogens is 2. The monoisotopic (exact) mass is 688 g/mol. The first-order valence-electron chi connectivity index (χ1n) is 10.7. The lowest BCUT2D eigenvalue weighted by atomic mass is 10.2. The third kappa shape index (κ3) is 7.77. The van der Waals surface area contributed by atoms with E-state index in [1.165, 1.54) is 37.4 Å². The van der Waals surface area contributed by atoms with Crippen LogP contribution in [-0.4, -0.2) is 42.3 Å². The van der Waals surface area contributed by atoms with Gasteiger partial charge < -0.3 is 4.74 Å². The molecule has 0 bridgehead atoms. The van der Waals surface area contributed by atoms with Crippen LogP contribution in [0.1, 0.15) is 16.8 Å². The summed E-state index contributed by atoms with van der Waals surface area (Å²) in [5.41, 5.74) is 4.53. The number of carbonyl (C=O) groups excluding carboxylic acids is 2. The molecule has 11 nitrogen and oxygen atoms in total. The number of methoxy groups -OCH3 is 1. The summed E-state index contributed by atoms with van der Waals surface area (Å²) in [6.07, 6.45) is -0.275. The van der Waals surface area contributed by atoms with E-state index in [1.807, 2.05) is 0 Å². The van der Waals surface area contributed by atoms with Crippen molar-refractivity contribution in [2.75, 3.05) is 18.4 Å². The minimum absolute atomic E-state index is 0.00406. The largest absolute Gasteiger partial charge is 0.495 e. The van der Waals surface area contributed by atoms with E-state index in [0.717, 1.165) is 6.07 Å². The van der Waals surface area contributed by atoms with Crippen LogP contribution < -0.4 is 25.0 Å². The van der Waals surface area contributed by atoms with E-state index in [4.69, 9.17) is 4.74 Å². The number of para-hydroxylation sites is 2. The Morgan fingerprint density at radius 2 is 1.61 bits per heavy atom. The molecule has 3 rings (SSSR count). The van der Waals surface area contributed by atoms with Gasteiger partial charge in [-0.2, -0.15) is 0 Å². The molecule has 3 aromatic rings. The van der Waals surface area contributed by atoms with Crippen molar-refractivity contribution in [2.45, 2.75) is 16.2 Å². The smallest absolute Gasteiger partial charge is 0.269 e. The molecule has 15 heteroatoms. The van der Waals surface area contributed by atoms with Crippen LogP contribution in [0.2, 0.25) is 0 Å². The number of hydrazine groups is 1. The van der Waals surface area contributed by atoms with Gasteiger partial charge in [0.25, 0.3) is 15.9 Å². The molecule has 0 aliphatic rings. The van der Waals surface area contributed by atoms with Crippen LogP contribution in [0, 0.1) is 0 Å². The van der Waals surface area contributed by atoms with Gasteiger partial charge in [-0.3, -0.25) is 25.2 Å². The highest BCUT2D eigenvalue weighted by atomic mass is 79.9. The normalized spacial score (nSPS) is 11.4. The molecule has 0 aliphatic heterocycles. The first kappa shape index (κ1) is 29.6. The number of carbonyl (C=O) groups is 2. The Morgan fingerprint density at radius 3 is 2.34 bits per heavy atom. The zero-order chi connectivity index (χ0) is 27.9. The fraction of sp³-hybridized carbons (Fsp3) is 0.130. The van der Waals surface area contributed by atoms with Gasteiger partial charge in [0.1, 0.15) is 5.75 Å². The maximum absolute atomic E-state index is 12.8. The predicted octanol–water partition coefficient (Wildman–Crippen LogP) is 3.15. The van der Waals surface area contributed by atoms with Crippen LogP contribution in [0.4, 0.5) is 5.69 Å². The van der Waals surface area contributed by atoms with Crippen molar-refractivity contribution in [2.24, 2.45) is 0 Å². The highest BCUT2D eigenvalue weighted by molar-refractivity contribution is 9.11. The Hall–Kier alpha value is -2.98. The second-order valence-corrected chi connectivity index (χ2v) is 12.7. The quantitative estimate of drug-likeness (QED) is 0.238. The molecule has 0 atom stereocenters. The van der Waals surface area contributed by atoms with Gasteiger partial charge in [-0.15, -0.1) is 0 Å². The minimum atomic E-state index is -4.06. The zero-order valence-electron chi connectivity index (χ0n) is 19.7. The van der Waals surface area contributed by atoms with Crippen molar-refractivity contribution in [1.82, 2.24) is 15.6 Å². The van der Waals surface area contributed by atoms with Crippen molar-refractivity contribution in [3.8, 4) is 5.75 Å². The first-order valence-corrected chi connectivity index (χ1v) is 15.3. The molecule has 0 aromatic heterocycles. The lowest BCUT2D eigenvalue weighted by Gasteiger charge is -2.12. The van der Waals surface area contributed by atoms with Crippen molar-refractivity contribution >= 4 is 69.4 Å². The van der Waals surface area contributed by atoms with Crippen molar-refractivity contribution in [3.63, 3.8) is 0 Å². The summed E-state index contributed by atoms with van der Waals surface area (Å²) in [5, 5.41) is 0. The summed E-state index contributed by atoms with van der Waals surface area (Å²) in [6, 6.07) is 16.3. The SMILES string of the molecule is COc1ccccc1NS(=O)(=O)c1cccc(C(=O)NNC(=O)CCNS(=O)(=O)c2cc(Br)ccc2Br)c1. The Bertz CT molecular complexity index is 1570. The molecule has 0 unspecified atom stereocenters. The van der Waals surface area contributed by atoms with Crippen molar-refractivity contribution in [3.05, 3.63) is 81.2 Å². The van der Waals surface area contributed by atoms with Crippen molar-refractivity contribution < 1.29 is 31.2 Å². The summed E-state index contributed by atoms with van der Waals surface area (Å²) in [5.74, 6) is -1.12. The number of anilines is 1. The molecule has 0 radical (unpaired) electrons. The molecular weight excluding hydrogens is 668 g/mol. The first-order chi connectivity index (χ1) is 17.9. The number of nitrogens with one attached hydrogen (secondary N) is 4. The van der Waals surface area contributed by atoms with Crippen LogP contribution in [0.15, 0.2) is 85.5 Å². The zero-order valence-corrected chi connectivity index (χ0v) is 24.5. The summed E-state index contributed by atoms with van der Waals surface area (Å²) < 4.78 is 61.4. The van der Waals surface area contributed by atoms with Gasteiger partial charge in [0.05, 0.1) is 22.6 Å². The van der Waals surface area contributed by atoms with Crippen LogP contribution in [-0.2, 0) is 24.8 Å². The highest BCUT2D eigenvalue weighted by Gasteiger charge is 2.20. The summed E-state index contributed by atoms with van der Waals surface area (Å²) in [4.78, 5) is 24.4. The molecule has 0 saturated carbocycles. The van der Waals surface area contributed by atoms with E-state index < -0.39 is 31.9 Å². The molecule has 0 heterocycles. The highest BCUT2D eigenvalue weighted by Crippen LogP contribution is 2.27. The van der Waals surface area contributed by atoms with E-state index in [1.54, 1.807) is 30.3 Å². The molecule has 2 amide bonds. The predicted molar refractivity (Wildman–Crippen MR) is 148 cm³/mol. The Kier molecular flexibility index (Phi) is 9.89. The fourth-order valence-electron chi connectivity index (χ4n) is 3.06. The molecule has 0 spiro atoms. The second-order valence-electron chi connectivity index (χ2n) is 7.56. The Morgan fingerprint density at radius 1 is 0.868 bits per heavy atom. The maximum atomic E-state index is 12.8. The topological polar surface area (TPSA) is 160 Å². The number of hydrogen-bond donors (Lipinski definition) is 4. The third-order valence-corrected chi connectivity index (χ3v) is 9.21. The molecule has 0 saturated heterocycles. The summed E-state index contributed by atoms with van der Waals surface area (Å²) in [7, 11) is -6.55. The van der Waals surface area contributed by atoms with Gasteiger partial charge in [0.15, 0.2) is 0 Å². The summed E-state index contributed by atoms with van der Waals surface area (Å²) in [6.45, 7) is -0.231. The molecule has 202 valence electrons. The standard InChI is InChI=1S/C23H22Br2N4O7S2/c1-36-20-8-3-2-7-19(20)29-37(32,33)17-6-4-5-15(13-17)23(31)28-27-22(30)11-12-26-38(34,35)21-14-16(24)9-10-18(21)25/h2-10,13-14,26,29H,11-12H2,1H3,(H,27,30)(H,28,31). The van der Waals surface area contributed by atoms with E-state index in [-0.39, 0.29) is 34.0 Å². The van der Waals surface area contributed by atoms with Crippen LogP contribution in [0.5, 0.6) is 5.75 Å². The molecule has 4 N–H and O–H groups in total. The van der Waals surface area contributed by atoms with Gasteiger partial charge >= 0.3 is 0 Å². The van der Waals surface area contributed by atoms with Gasteiger partial charge in [-0.25, -0.2) is 21.6 Å². The molecular formula is C23H22Br2N4O7S2. The van der Waals surface area contributed by atoms with E-state index in [0.29, 0.717) is 14.7 Å². The van der Waals surface area contributed by atoms with Crippen molar-refractivity contribution in [1.29, 1.82) is 0 Å². The Labute approximate surface area is 236 Å². The number of benzene rings is 3.